The molecule has 2 amide bonds. The first-order valence-corrected chi connectivity index (χ1v) is 9.17. The molecular formula is C22H21FN2O4. The lowest BCUT2D eigenvalue weighted by molar-refractivity contribution is -0.150. The highest BCUT2D eigenvalue weighted by Crippen LogP contribution is 2.33. The van der Waals surface area contributed by atoms with Crippen molar-refractivity contribution in [3.8, 4) is 0 Å². The Kier molecular flexibility index (Phi) is 6.39. The Hall–Kier alpha value is -3.48. The Labute approximate surface area is 168 Å². The van der Waals surface area contributed by atoms with Gasteiger partial charge in [0, 0.05) is 25.2 Å². The summed E-state index contributed by atoms with van der Waals surface area (Å²) in [5.41, 5.74) is 2.10. The predicted molar refractivity (Wildman–Crippen MR) is 105 cm³/mol. The molecule has 1 heterocycles. The molecule has 2 aromatic carbocycles. The third-order valence-corrected chi connectivity index (χ3v) is 4.63. The molecule has 1 aliphatic heterocycles. The molecule has 1 aliphatic rings. The van der Waals surface area contributed by atoms with E-state index in [4.69, 9.17) is 4.74 Å². The summed E-state index contributed by atoms with van der Waals surface area (Å²) in [5, 5.41) is 2.51. The second-order valence-electron chi connectivity index (χ2n) is 6.62. The standard InChI is InChI=1S/C22H21FN2O4/c1-15(26)25-11-10-16-6-2-4-8-18(16)20(25)12-22(28)29-14-21(27)24-13-17-7-3-5-9-19(17)23/h2-11,20H,12-14H2,1H3,(H,24,27)/t20-/m0/s1. The number of esters is 1. The maximum absolute atomic E-state index is 13.6. The van der Waals surface area contributed by atoms with Crippen molar-refractivity contribution in [2.24, 2.45) is 0 Å². The van der Waals surface area contributed by atoms with Gasteiger partial charge in [0.25, 0.3) is 5.91 Å². The number of hydrogen-bond donors (Lipinski definition) is 1. The maximum Gasteiger partial charge on any atom is 0.308 e. The number of ether oxygens (including phenoxy) is 1. The van der Waals surface area contributed by atoms with E-state index < -0.39 is 30.3 Å². The van der Waals surface area contributed by atoms with E-state index in [0.29, 0.717) is 5.56 Å². The Morgan fingerprint density at radius 1 is 1.10 bits per heavy atom. The molecule has 0 spiro atoms. The van der Waals surface area contributed by atoms with E-state index in [1.807, 2.05) is 30.3 Å². The van der Waals surface area contributed by atoms with Gasteiger partial charge in [-0.1, -0.05) is 42.5 Å². The monoisotopic (exact) mass is 396 g/mol. The smallest absolute Gasteiger partial charge is 0.308 e. The van der Waals surface area contributed by atoms with Crippen LogP contribution < -0.4 is 5.32 Å². The van der Waals surface area contributed by atoms with Crippen LogP contribution in [0.25, 0.3) is 6.08 Å². The average molecular weight is 396 g/mol. The molecule has 1 N–H and O–H groups in total. The number of fused-ring (bicyclic) bond motifs is 1. The predicted octanol–water partition coefficient (Wildman–Crippen LogP) is 2.95. The average Bonchev–Trinajstić information content (AvgIpc) is 2.71. The zero-order valence-electron chi connectivity index (χ0n) is 15.9. The van der Waals surface area contributed by atoms with E-state index in [0.717, 1.165) is 11.1 Å². The molecule has 2 aromatic rings. The molecule has 0 radical (unpaired) electrons. The fraction of sp³-hybridized carbons (Fsp3) is 0.227. The van der Waals surface area contributed by atoms with Gasteiger partial charge in [-0.3, -0.25) is 14.4 Å². The molecular weight excluding hydrogens is 375 g/mol. The van der Waals surface area contributed by atoms with E-state index >= 15 is 0 Å². The minimum absolute atomic E-state index is 0.00195. The molecule has 0 aromatic heterocycles. The first-order valence-electron chi connectivity index (χ1n) is 9.17. The summed E-state index contributed by atoms with van der Waals surface area (Å²) in [5.74, 6) is -1.75. The minimum Gasteiger partial charge on any atom is -0.456 e. The van der Waals surface area contributed by atoms with E-state index in [9.17, 15) is 18.8 Å². The Morgan fingerprint density at radius 3 is 2.59 bits per heavy atom. The number of nitrogens with zero attached hydrogens (tertiary/aromatic N) is 1. The Bertz CT molecular complexity index is 957. The number of hydrogen-bond acceptors (Lipinski definition) is 4. The number of amides is 2. The molecule has 0 saturated carbocycles. The molecule has 0 unspecified atom stereocenters. The van der Waals surface area contributed by atoms with Crippen LogP contribution in [0, 0.1) is 5.82 Å². The molecule has 150 valence electrons. The summed E-state index contributed by atoms with van der Waals surface area (Å²) in [6.45, 7) is 0.951. The van der Waals surface area contributed by atoms with Gasteiger partial charge in [-0.05, 0) is 23.3 Å². The summed E-state index contributed by atoms with van der Waals surface area (Å²) >= 11 is 0. The quantitative estimate of drug-likeness (QED) is 0.762. The fourth-order valence-electron chi connectivity index (χ4n) is 3.16. The van der Waals surface area contributed by atoms with E-state index in [2.05, 4.69) is 5.32 Å². The van der Waals surface area contributed by atoms with Crippen molar-refractivity contribution in [3.05, 3.63) is 77.2 Å². The van der Waals surface area contributed by atoms with Gasteiger partial charge in [0.1, 0.15) is 5.82 Å². The highest BCUT2D eigenvalue weighted by atomic mass is 19.1. The summed E-state index contributed by atoms with van der Waals surface area (Å²) in [6.07, 6.45) is 3.37. The summed E-state index contributed by atoms with van der Waals surface area (Å²) < 4.78 is 18.6. The van der Waals surface area contributed by atoms with Crippen molar-refractivity contribution in [1.82, 2.24) is 10.2 Å². The summed E-state index contributed by atoms with van der Waals surface area (Å²) in [7, 11) is 0. The highest BCUT2D eigenvalue weighted by molar-refractivity contribution is 5.82. The largest absolute Gasteiger partial charge is 0.456 e. The lowest BCUT2D eigenvalue weighted by Gasteiger charge is -2.32. The van der Waals surface area contributed by atoms with Crippen molar-refractivity contribution in [3.63, 3.8) is 0 Å². The first-order chi connectivity index (χ1) is 14.0. The van der Waals surface area contributed by atoms with Gasteiger partial charge < -0.3 is 15.0 Å². The van der Waals surface area contributed by atoms with Gasteiger partial charge in [0.05, 0.1) is 12.5 Å². The van der Waals surface area contributed by atoms with Crippen molar-refractivity contribution in [2.75, 3.05) is 6.61 Å². The zero-order chi connectivity index (χ0) is 20.8. The van der Waals surface area contributed by atoms with Crippen LogP contribution in [0.3, 0.4) is 0 Å². The van der Waals surface area contributed by atoms with Crippen molar-refractivity contribution in [1.29, 1.82) is 0 Å². The SMILES string of the molecule is CC(=O)N1C=Cc2ccccc2[C@@H]1CC(=O)OCC(=O)NCc1ccccc1F. The molecule has 7 heteroatoms. The van der Waals surface area contributed by atoms with Crippen LogP contribution >= 0.6 is 0 Å². The van der Waals surface area contributed by atoms with Crippen LogP contribution in [-0.2, 0) is 25.7 Å². The van der Waals surface area contributed by atoms with Gasteiger partial charge in [0.2, 0.25) is 5.91 Å². The van der Waals surface area contributed by atoms with Crippen LogP contribution in [0.5, 0.6) is 0 Å². The molecule has 0 aliphatic carbocycles. The minimum atomic E-state index is -0.604. The summed E-state index contributed by atoms with van der Waals surface area (Å²) in [4.78, 5) is 37.6. The summed E-state index contributed by atoms with van der Waals surface area (Å²) in [6, 6.07) is 13.1. The van der Waals surface area contributed by atoms with Crippen molar-refractivity contribution >= 4 is 23.9 Å². The van der Waals surface area contributed by atoms with Gasteiger partial charge in [-0.2, -0.15) is 0 Å². The third kappa shape index (κ3) is 5.07. The van der Waals surface area contributed by atoms with Crippen LogP contribution in [0.2, 0.25) is 0 Å². The maximum atomic E-state index is 13.6. The lowest BCUT2D eigenvalue weighted by atomic mass is 9.94. The number of benzene rings is 2. The number of carbonyl (C=O) groups excluding carboxylic acids is 3. The number of nitrogens with one attached hydrogen (secondary N) is 1. The lowest BCUT2D eigenvalue weighted by Crippen LogP contribution is -2.33. The van der Waals surface area contributed by atoms with Crippen LogP contribution in [-0.4, -0.2) is 29.3 Å². The number of carbonyl (C=O) groups is 3. The van der Waals surface area contributed by atoms with Crippen LogP contribution in [0.1, 0.15) is 36.1 Å². The topological polar surface area (TPSA) is 75.7 Å². The van der Waals surface area contributed by atoms with E-state index in [-0.39, 0.29) is 18.9 Å². The molecule has 0 bridgehead atoms. The Morgan fingerprint density at radius 2 is 1.83 bits per heavy atom. The van der Waals surface area contributed by atoms with Gasteiger partial charge >= 0.3 is 5.97 Å². The fourth-order valence-corrected chi connectivity index (χ4v) is 3.16. The van der Waals surface area contributed by atoms with Crippen LogP contribution in [0.4, 0.5) is 4.39 Å². The normalized spacial score (nSPS) is 14.8. The highest BCUT2D eigenvalue weighted by Gasteiger charge is 2.28. The number of rotatable bonds is 6. The second kappa shape index (κ2) is 9.14. The number of halogens is 1. The molecule has 0 saturated heterocycles. The van der Waals surface area contributed by atoms with Crippen molar-refractivity contribution < 1.29 is 23.5 Å². The van der Waals surface area contributed by atoms with Gasteiger partial charge in [-0.25, -0.2) is 4.39 Å². The molecule has 3 rings (SSSR count). The zero-order valence-corrected chi connectivity index (χ0v) is 15.9. The first kappa shape index (κ1) is 20.3. The molecule has 6 nitrogen and oxygen atoms in total. The van der Waals surface area contributed by atoms with E-state index in [1.54, 1.807) is 24.4 Å². The second-order valence-corrected chi connectivity index (χ2v) is 6.62. The van der Waals surface area contributed by atoms with Gasteiger partial charge in [-0.15, -0.1) is 0 Å². The molecule has 1 atom stereocenters. The molecule has 29 heavy (non-hydrogen) atoms. The Balaban J connectivity index is 1.55. The van der Waals surface area contributed by atoms with Gasteiger partial charge in [0.15, 0.2) is 6.61 Å². The van der Waals surface area contributed by atoms with Crippen molar-refractivity contribution in [2.45, 2.75) is 25.9 Å². The molecule has 0 fully saturated rings. The third-order valence-electron chi connectivity index (χ3n) is 4.63. The van der Waals surface area contributed by atoms with E-state index in [1.165, 1.54) is 17.9 Å². The van der Waals surface area contributed by atoms with Crippen LogP contribution in [0.15, 0.2) is 54.7 Å².